The Bertz CT molecular complexity index is 833. The van der Waals surface area contributed by atoms with E-state index in [1.165, 1.54) is 12.1 Å². The first kappa shape index (κ1) is 13.0. The lowest BCUT2D eigenvalue weighted by molar-refractivity contribution is -0.384. The maximum absolute atomic E-state index is 11.0. The van der Waals surface area contributed by atoms with Crippen molar-refractivity contribution in [3.8, 4) is 11.3 Å². The van der Waals surface area contributed by atoms with Crippen LogP contribution in [0.1, 0.15) is 0 Å². The maximum Gasteiger partial charge on any atom is 0.275 e. The molecular weight excluding hydrogens is 268 g/mol. The molecule has 104 valence electrons. The average molecular weight is 280 g/mol. The Labute approximate surface area is 120 Å². The second kappa shape index (κ2) is 5.16. The van der Waals surface area contributed by atoms with Gasteiger partial charge in [-0.3, -0.25) is 15.1 Å². The molecule has 0 spiro atoms. The van der Waals surface area contributed by atoms with Crippen molar-refractivity contribution < 1.29 is 4.92 Å². The predicted molar refractivity (Wildman–Crippen MR) is 81.2 cm³/mol. The van der Waals surface area contributed by atoms with Gasteiger partial charge in [0.25, 0.3) is 5.69 Å². The van der Waals surface area contributed by atoms with E-state index in [1.807, 2.05) is 30.3 Å². The number of nitro groups is 1. The zero-order valence-electron chi connectivity index (χ0n) is 11.3. The standard InChI is InChI=1S/C15H12N4O2/c1-16-15-9-12(19(20)21)8-14(18-15)11-5-4-10-3-2-6-17-13(10)7-11/h2-9H,1H3,(H,16,18). The summed E-state index contributed by atoms with van der Waals surface area (Å²) in [6.07, 6.45) is 1.71. The molecule has 0 aliphatic heterocycles. The Kier molecular flexibility index (Phi) is 3.19. The van der Waals surface area contributed by atoms with Gasteiger partial charge in [0, 0.05) is 30.3 Å². The number of hydrogen-bond donors (Lipinski definition) is 1. The van der Waals surface area contributed by atoms with Gasteiger partial charge in [-0.15, -0.1) is 0 Å². The second-order valence-corrected chi connectivity index (χ2v) is 4.51. The summed E-state index contributed by atoms with van der Waals surface area (Å²) in [5, 5.41) is 14.9. The first-order valence-electron chi connectivity index (χ1n) is 6.37. The van der Waals surface area contributed by atoms with Gasteiger partial charge in [-0.1, -0.05) is 18.2 Å². The van der Waals surface area contributed by atoms with Gasteiger partial charge in [0.1, 0.15) is 5.82 Å². The van der Waals surface area contributed by atoms with Crippen molar-refractivity contribution in [2.24, 2.45) is 0 Å². The smallest absolute Gasteiger partial charge is 0.275 e. The van der Waals surface area contributed by atoms with Crippen LogP contribution in [-0.2, 0) is 0 Å². The molecule has 1 N–H and O–H groups in total. The Hall–Kier alpha value is -3.02. The summed E-state index contributed by atoms with van der Waals surface area (Å²) < 4.78 is 0. The number of fused-ring (bicyclic) bond motifs is 1. The van der Waals surface area contributed by atoms with E-state index >= 15 is 0 Å². The van der Waals surface area contributed by atoms with Crippen LogP contribution in [0.5, 0.6) is 0 Å². The molecule has 21 heavy (non-hydrogen) atoms. The third-order valence-corrected chi connectivity index (χ3v) is 3.18. The van der Waals surface area contributed by atoms with Gasteiger partial charge in [0.2, 0.25) is 0 Å². The molecule has 0 saturated carbocycles. The quantitative estimate of drug-likeness (QED) is 0.588. The summed E-state index contributed by atoms with van der Waals surface area (Å²) in [4.78, 5) is 19.2. The van der Waals surface area contributed by atoms with Crippen LogP contribution in [0, 0.1) is 10.1 Å². The molecule has 0 radical (unpaired) electrons. The Morgan fingerprint density at radius 3 is 2.81 bits per heavy atom. The number of aromatic nitrogens is 2. The molecule has 0 saturated heterocycles. The topological polar surface area (TPSA) is 81.0 Å². The number of hydrogen-bond acceptors (Lipinski definition) is 5. The molecule has 3 aromatic rings. The molecule has 0 amide bonds. The van der Waals surface area contributed by atoms with E-state index in [2.05, 4.69) is 15.3 Å². The molecule has 0 aliphatic carbocycles. The van der Waals surface area contributed by atoms with Gasteiger partial charge >= 0.3 is 0 Å². The number of anilines is 1. The van der Waals surface area contributed by atoms with E-state index in [-0.39, 0.29) is 5.69 Å². The van der Waals surface area contributed by atoms with Gasteiger partial charge in [0.05, 0.1) is 22.2 Å². The highest BCUT2D eigenvalue weighted by Crippen LogP contribution is 2.27. The summed E-state index contributed by atoms with van der Waals surface area (Å²) in [5.41, 5.74) is 2.17. The Balaban J connectivity index is 2.16. The van der Waals surface area contributed by atoms with E-state index in [4.69, 9.17) is 0 Å². The highest BCUT2D eigenvalue weighted by atomic mass is 16.6. The molecule has 1 aromatic carbocycles. The minimum absolute atomic E-state index is 0.00506. The summed E-state index contributed by atoms with van der Waals surface area (Å²) in [7, 11) is 1.68. The van der Waals surface area contributed by atoms with Crippen LogP contribution in [0.25, 0.3) is 22.2 Å². The van der Waals surface area contributed by atoms with Crippen molar-refractivity contribution in [2.75, 3.05) is 12.4 Å². The van der Waals surface area contributed by atoms with Crippen LogP contribution in [-0.4, -0.2) is 21.9 Å². The van der Waals surface area contributed by atoms with Gasteiger partial charge in [-0.25, -0.2) is 4.98 Å². The molecule has 0 aliphatic rings. The lowest BCUT2D eigenvalue weighted by atomic mass is 10.1. The Morgan fingerprint density at radius 1 is 1.19 bits per heavy atom. The van der Waals surface area contributed by atoms with E-state index in [9.17, 15) is 10.1 Å². The highest BCUT2D eigenvalue weighted by Gasteiger charge is 2.12. The monoisotopic (exact) mass is 280 g/mol. The molecule has 2 heterocycles. The first-order valence-corrected chi connectivity index (χ1v) is 6.37. The number of benzene rings is 1. The van der Waals surface area contributed by atoms with Crippen molar-refractivity contribution in [3.63, 3.8) is 0 Å². The largest absolute Gasteiger partial charge is 0.373 e. The number of pyridine rings is 2. The van der Waals surface area contributed by atoms with Crippen LogP contribution in [0.2, 0.25) is 0 Å². The van der Waals surface area contributed by atoms with E-state index < -0.39 is 4.92 Å². The minimum atomic E-state index is -0.425. The van der Waals surface area contributed by atoms with Crippen molar-refractivity contribution in [1.29, 1.82) is 0 Å². The van der Waals surface area contributed by atoms with Crippen LogP contribution < -0.4 is 5.32 Å². The second-order valence-electron chi connectivity index (χ2n) is 4.51. The normalized spacial score (nSPS) is 10.5. The Morgan fingerprint density at radius 2 is 2.05 bits per heavy atom. The third kappa shape index (κ3) is 2.51. The molecule has 2 aromatic heterocycles. The molecular formula is C15H12N4O2. The van der Waals surface area contributed by atoms with Crippen LogP contribution >= 0.6 is 0 Å². The minimum Gasteiger partial charge on any atom is -0.373 e. The SMILES string of the molecule is CNc1cc([N+](=O)[O-])cc(-c2ccc3cccnc3c2)n1. The predicted octanol–water partition coefficient (Wildman–Crippen LogP) is 3.25. The van der Waals surface area contributed by atoms with Gasteiger partial charge in [-0.2, -0.15) is 0 Å². The highest BCUT2D eigenvalue weighted by molar-refractivity contribution is 5.83. The molecule has 6 heteroatoms. The molecule has 0 unspecified atom stereocenters. The molecule has 0 atom stereocenters. The third-order valence-electron chi connectivity index (χ3n) is 3.18. The lowest BCUT2D eigenvalue weighted by Crippen LogP contribution is -1.97. The van der Waals surface area contributed by atoms with Crippen molar-refractivity contribution in [1.82, 2.24) is 9.97 Å². The molecule has 0 bridgehead atoms. The molecule has 0 fully saturated rings. The van der Waals surface area contributed by atoms with Crippen LogP contribution in [0.3, 0.4) is 0 Å². The van der Waals surface area contributed by atoms with E-state index in [0.717, 1.165) is 16.5 Å². The summed E-state index contributed by atoms with van der Waals surface area (Å²) >= 11 is 0. The average Bonchev–Trinajstić information content (AvgIpc) is 2.53. The fourth-order valence-corrected chi connectivity index (χ4v) is 2.12. The number of nitrogens with one attached hydrogen (secondary N) is 1. The molecule has 6 nitrogen and oxygen atoms in total. The van der Waals surface area contributed by atoms with Gasteiger partial charge in [-0.05, 0) is 12.1 Å². The van der Waals surface area contributed by atoms with Crippen molar-refractivity contribution >= 4 is 22.4 Å². The summed E-state index contributed by atoms with van der Waals surface area (Å²) in [5.74, 6) is 0.459. The molecule has 3 rings (SSSR count). The zero-order valence-corrected chi connectivity index (χ0v) is 11.3. The van der Waals surface area contributed by atoms with E-state index in [0.29, 0.717) is 11.5 Å². The fourth-order valence-electron chi connectivity index (χ4n) is 2.12. The number of nitrogens with zero attached hydrogens (tertiary/aromatic N) is 3. The van der Waals surface area contributed by atoms with Crippen LogP contribution in [0.4, 0.5) is 11.5 Å². The maximum atomic E-state index is 11.0. The van der Waals surface area contributed by atoms with Crippen molar-refractivity contribution in [3.05, 3.63) is 58.8 Å². The zero-order chi connectivity index (χ0) is 14.8. The van der Waals surface area contributed by atoms with Gasteiger partial charge in [0.15, 0.2) is 0 Å². The first-order chi connectivity index (χ1) is 10.2. The van der Waals surface area contributed by atoms with Crippen LogP contribution in [0.15, 0.2) is 48.7 Å². The summed E-state index contributed by atoms with van der Waals surface area (Å²) in [6.45, 7) is 0. The fraction of sp³-hybridized carbons (Fsp3) is 0.0667. The van der Waals surface area contributed by atoms with E-state index in [1.54, 1.807) is 13.2 Å². The lowest BCUT2D eigenvalue weighted by Gasteiger charge is -2.06. The van der Waals surface area contributed by atoms with Gasteiger partial charge < -0.3 is 5.32 Å². The van der Waals surface area contributed by atoms with Crippen molar-refractivity contribution in [2.45, 2.75) is 0 Å². The summed E-state index contributed by atoms with van der Waals surface area (Å²) in [6, 6.07) is 12.4. The number of rotatable bonds is 3.